The van der Waals surface area contributed by atoms with E-state index in [1.165, 1.54) is 12.1 Å². The molecule has 1 aromatic carbocycles. The van der Waals surface area contributed by atoms with Crippen LogP contribution < -0.4 is 10.5 Å². The molecule has 18 heavy (non-hydrogen) atoms. The van der Waals surface area contributed by atoms with E-state index in [1.54, 1.807) is 12.1 Å². The Bertz CT molecular complexity index is 384. The zero-order chi connectivity index (χ0) is 14.0. The number of ether oxygens (including phenoxy) is 1. The molecule has 1 aromatic rings. The Morgan fingerprint density at radius 3 is 2.00 bits per heavy atom. The molecule has 0 saturated heterocycles. The molecule has 0 amide bonds. The highest BCUT2D eigenvalue weighted by molar-refractivity contribution is 5.33. The highest BCUT2D eigenvalue weighted by Gasteiger charge is 2.38. The van der Waals surface area contributed by atoms with Gasteiger partial charge in [0.05, 0.1) is 0 Å². The van der Waals surface area contributed by atoms with Crippen LogP contribution in [0.25, 0.3) is 0 Å². The second-order valence-corrected chi connectivity index (χ2v) is 5.48. The van der Waals surface area contributed by atoms with Crippen molar-refractivity contribution in [2.75, 3.05) is 0 Å². The minimum absolute atomic E-state index is 0.118. The van der Waals surface area contributed by atoms with Gasteiger partial charge in [-0.2, -0.15) is 8.78 Å². The minimum Gasteiger partial charge on any atom is -0.435 e. The van der Waals surface area contributed by atoms with Crippen LogP contribution in [0.15, 0.2) is 24.3 Å². The lowest BCUT2D eigenvalue weighted by atomic mass is 9.68. The van der Waals surface area contributed by atoms with Gasteiger partial charge >= 0.3 is 6.61 Å². The van der Waals surface area contributed by atoms with E-state index in [0.717, 1.165) is 12.0 Å². The van der Waals surface area contributed by atoms with Crippen molar-refractivity contribution in [1.82, 2.24) is 0 Å². The van der Waals surface area contributed by atoms with Gasteiger partial charge in [0.15, 0.2) is 0 Å². The topological polar surface area (TPSA) is 35.2 Å². The van der Waals surface area contributed by atoms with Crippen molar-refractivity contribution < 1.29 is 13.5 Å². The van der Waals surface area contributed by atoms with Crippen LogP contribution in [0.2, 0.25) is 0 Å². The van der Waals surface area contributed by atoms with Gasteiger partial charge in [0, 0.05) is 5.54 Å². The van der Waals surface area contributed by atoms with Crippen molar-refractivity contribution in [1.29, 1.82) is 0 Å². The number of hydrogen-bond donors (Lipinski definition) is 1. The second-order valence-electron chi connectivity index (χ2n) is 5.48. The molecule has 2 N–H and O–H groups in total. The van der Waals surface area contributed by atoms with Gasteiger partial charge in [-0.1, -0.05) is 39.8 Å². The van der Waals surface area contributed by atoms with E-state index >= 15 is 0 Å². The molecule has 1 rings (SSSR count). The third-order valence-corrected chi connectivity index (χ3v) is 3.49. The molecule has 1 atom stereocenters. The number of hydrogen-bond acceptors (Lipinski definition) is 2. The molecule has 0 radical (unpaired) electrons. The largest absolute Gasteiger partial charge is 0.435 e. The molecule has 0 aliphatic carbocycles. The van der Waals surface area contributed by atoms with E-state index < -0.39 is 12.2 Å². The summed E-state index contributed by atoms with van der Waals surface area (Å²) in [6, 6.07) is 6.58. The molecule has 0 heterocycles. The molecule has 0 fully saturated rings. The van der Waals surface area contributed by atoms with Gasteiger partial charge < -0.3 is 10.5 Å². The fourth-order valence-electron chi connectivity index (χ4n) is 2.10. The normalized spacial score (nSPS) is 15.6. The first-order valence-corrected chi connectivity index (χ1v) is 6.05. The van der Waals surface area contributed by atoms with Crippen LogP contribution in [-0.2, 0) is 5.54 Å². The van der Waals surface area contributed by atoms with E-state index in [2.05, 4.69) is 25.5 Å². The van der Waals surface area contributed by atoms with Gasteiger partial charge in [-0.3, -0.25) is 0 Å². The SMILES string of the molecule is CCC(N)(c1ccc(OC(F)F)cc1)C(C)(C)C. The average molecular weight is 257 g/mol. The summed E-state index contributed by atoms with van der Waals surface area (Å²) in [5.74, 6) is 0.154. The molecular weight excluding hydrogens is 236 g/mol. The van der Waals surface area contributed by atoms with Crippen molar-refractivity contribution in [3.63, 3.8) is 0 Å². The summed E-state index contributed by atoms with van der Waals surface area (Å²) >= 11 is 0. The number of nitrogens with two attached hydrogens (primary N) is 1. The molecule has 0 aliphatic rings. The Morgan fingerprint density at radius 2 is 1.67 bits per heavy atom. The van der Waals surface area contributed by atoms with Crippen molar-refractivity contribution in [2.24, 2.45) is 11.1 Å². The maximum Gasteiger partial charge on any atom is 0.387 e. The number of benzene rings is 1. The summed E-state index contributed by atoms with van der Waals surface area (Å²) in [5, 5.41) is 0. The summed E-state index contributed by atoms with van der Waals surface area (Å²) < 4.78 is 28.5. The average Bonchev–Trinajstić information content (AvgIpc) is 2.26. The molecule has 2 nitrogen and oxygen atoms in total. The Labute approximate surface area is 107 Å². The van der Waals surface area contributed by atoms with Gasteiger partial charge in [0.1, 0.15) is 5.75 Å². The minimum atomic E-state index is -2.80. The molecule has 0 saturated carbocycles. The van der Waals surface area contributed by atoms with Crippen LogP contribution in [0.3, 0.4) is 0 Å². The monoisotopic (exact) mass is 257 g/mol. The fraction of sp³-hybridized carbons (Fsp3) is 0.571. The smallest absolute Gasteiger partial charge is 0.387 e. The van der Waals surface area contributed by atoms with E-state index in [9.17, 15) is 8.78 Å². The summed E-state index contributed by atoms with van der Waals surface area (Å²) in [4.78, 5) is 0. The zero-order valence-corrected chi connectivity index (χ0v) is 11.3. The van der Waals surface area contributed by atoms with Gasteiger partial charge in [0.2, 0.25) is 0 Å². The highest BCUT2D eigenvalue weighted by Crippen LogP contribution is 2.40. The van der Waals surface area contributed by atoms with Crippen molar-refractivity contribution in [3.8, 4) is 5.75 Å². The zero-order valence-electron chi connectivity index (χ0n) is 11.3. The Hall–Kier alpha value is -1.16. The lowest BCUT2D eigenvalue weighted by Gasteiger charge is -2.41. The van der Waals surface area contributed by atoms with Crippen molar-refractivity contribution in [2.45, 2.75) is 46.3 Å². The molecule has 0 aliphatic heterocycles. The van der Waals surface area contributed by atoms with Crippen LogP contribution in [0, 0.1) is 5.41 Å². The van der Waals surface area contributed by atoms with Gasteiger partial charge in [-0.15, -0.1) is 0 Å². The third-order valence-electron chi connectivity index (χ3n) is 3.49. The van der Waals surface area contributed by atoms with Gasteiger partial charge in [-0.05, 0) is 29.5 Å². The summed E-state index contributed by atoms with van der Waals surface area (Å²) in [7, 11) is 0. The van der Waals surface area contributed by atoms with Gasteiger partial charge in [0.25, 0.3) is 0 Å². The van der Waals surface area contributed by atoms with Crippen LogP contribution >= 0.6 is 0 Å². The first-order valence-electron chi connectivity index (χ1n) is 6.05. The molecule has 102 valence electrons. The van der Waals surface area contributed by atoms with E-state index in [1.807, 2.05) is 6.92 Å². The van der Waals surface area contributed by atoms with E-state index in [4.69, 9.17) is 5.73 Å². The molecular formula is C14H21F2NO. The van der Waals surface area contributed by atoms with Crippen LogP contribution in [0.5, 0.6) is 5.75 Å². The highest BCUT2D eigenvalue weighted by atomic mass is 19.3. The van der Waals surface area contributed by atoms with Crippen molar-refractivity contribution in [3.05, 3.63) is 29.8 Å². The number of alkyl halides is 2. The standard InChI is InChI=1S/C14H21F2NO/c1-5-14(17,13(2,3)4)10-6-8-11(9-7-10)18-12(15)16/h6-9,12H,5,17H2,1-4H3. The summed E-state index contributed by atoms with van der Waals surface area (Å²) in [5.41, 5.74) is 6.78. The van der Waals surface area contributed by atoms with E-state index in [0.29, 0.717) is 0 Å². The summed E-state index contributed by atoms with van der Waals surface area (Å²) in [6.07, 6.45) is 0.769. The van der Waals surface area contributed by atoms with Crippen LogP contribution in [0.4, 0.5) is 8.78 Å². The van der Waals surface area contributed by atoms with Crippen molar-refractivity contribution >= 4 is 0 Å². The predicted molar refractivity (Wildman–Crippen MR) is 68.7 cm³/mol. The number of rotatable bonds is 4. The molecule has 0 bridgehead atoms. The third kappa shape index (κ3) is 2.99. The summed E-state index contributed by atoms with van der Waals surface area (Å²) in [6.45, 7) is 5.43. The first-order chi connectivity index (χ1) is 8.20. The maximum atomic E-state index is 12.1. The fourth-order valence-corrected chi connectivity index (χ4v) is 2.10. The Morgan fingerprint density at radius 1 is 1.17 bits per heavy atom. The first kappa shape index (κ1) is 14.9. The Kier molecular flexibility index (Phi) is 4.32. The molecule has 0 aromatic heterocycles. The lowest BCUT2D eigenvalue weighted by molar-refractivity contribution is -0.0498. The second kappa shape index (κ2) is 5.22. The van der Waals surface area contributed by atoms with Crippen LogP contribution in [-0.4, -0.2) is 6.61 Å². The predicted octanol–water partition coefficient (Wildman–Crippen LogP) is 3.90. The number of halogens is 2. The van der Waals surface area contributed by atoms with Crippen LogP contribution in [0.1, 0.15) is 39.7 Å². The van der Waals surface area contributed by atoms with E-state index in [-0.39, 0.29) is 11.2 Å². The maximum absolute atomic E-state index is 12.1. The quantitative estimate of drug-likeness (QED) is 0.887. The molecule has 0 spiro atoms. The van der Waals surface area contributed by atoms with Gasteiger partial charge in [-0.25, -0.2) is 0 Å². The molecule has 1 unspecified atom stereocenters. The molecule has 4 heteroatoms. The lowest BCUT2D eigenvalue weighted by Crippen LogP contribution is -2.47. The Balaban J connectivity index is 3.03.